The Labute approximate surface area is 79.2 Å². The number of nitrogens with two attached hydrogens (primary N) is 1. The van der Waals surface area contributed by atoms with Crippen molar-refractivity contribution in [2.24, 2.45) is 10.7 Å². The van der Waals surface area contributed by atoms with Crippen LogP contribution < -0.4 is 5.73 Å². The van der Waals surface area contributed by atoms with Crippen LogP contribution in [0, 0.1) is 5.41 Å². The van der Waals surface area contributed by atoms with E-state index in [2.05, 4.69) is 4.99 Å². The van der Waals surface area contributed by atoms with E-state index in [0.717, 1.165) is 31.4 Å². The smallest absolute Gasteiger partial charge is 0.0610 e. The maximum Gasteiger partial charge on any atom is 0.0610 e. The molecular weight excluding hydrogens is 162 g/mol. The van der Waals surface area contributed by atoms with Gasteiger partial charge >= 0.3 is 0 Å². The van der Waals surface area contributed by atoms with Gasteiger partial charge in [0.15, 0.2) is 0 Å². The maximum absolute atomic E-state index is 7.64. The molecule has 1 atom stereocenters. The molecular formula is C10H17N3. The Morgan fingerprint density at radius 2 is 2.15 bits per heavy atom. The first-order valence-electron chi connectivity index (χ1n) is 4.77. The molecule has 3 N–H and O–H groups in total. The van der Waals surface area contributed by atoms with Gasteiger partial charge in [-0.1, -0.05) is 0 Å². The first-order valence-corrected chi connectivity index (χ1v) is 4.77. The first-order chi connectivity index (χ1) is 6.20. The molecule has 1 rings (SSSR count). The lowest BCUT2D eigenvalue weighted by Gasteiger charge is -2.12. The summed E-state index contributed by atoms with van der Waals surface area (Å²) in [6, 6.07) is 0.0436. The van der Waals surface area contributed by atoms with Crippen molar-refractivity contribution < 1.29 is 0 Å². The molecule has 0 amide bonds. The minimum atomic E-state index is 0.0436. The Morgan fingerprint density at radius 1 is 1.46 bits per heavy atom. The zero-order chi connectivity index (χ0) is 9.68. The normalized spacial score (nSPS) is 24.2. The second-order valence-electron chi connectivity index (χ2n) is 3.46. The van der Waals surface area contributed by atoms with Crippen molar-refractivity contribution >= 4 is 11.4 Å². The molecule has 72 valence electrons. The topological polar surface area (TPSA) is 62.2 Å². The third kappa shape index (κ3) is 3.51. The fourth-order valence-corrected chi connectivity index (χ4v) is 1.30. The second kappa shape index (κ2) is 4.92. The Balaban J connectivity index is 2.53. The Hall–Kier alpha value is -0.960. The van der Waals surface area contributed by atoms with Crippen LogP contribution in [0.15, 0.2) is 17.3 Å². The molecule has 1 saturated carbocycles. The van der Waals surface area contributed by atoms with Gasteiger partial charge in [-0.05, 0) is 38.7 Å². The molecule has 0 bridgehead atoms. The summed E-state index contributed by atoms with van der Waals surface area (Å²) in [5.74, 6) is 0. The summed E-state index contributed by atoms with van der Waals surface area (Å²) in [4.78, 5) is 4.24. The third-order valence-electron chi connectivity index (χ3n) is 2.06. The maximum atomic E-state index is 7.64. The fourth-order valence-electron chi connectivity index (χ4n) is 1.30. The molecule has 0 spiro atoms. The summed E-state index contributed by atoms with van der Waals surface area (Å²) < 4.78 is 0. The van der Waals surface area contributed by atoms with Crippen LogP contribution in [0.1, 0.15) is 32.6 Å². The van der Waals surface area contributed by atoms with E-state index in [1.54, 1.807) is 6.20 Å². The van der Waals surface area contributed by atoms with Crippen molar-refractivity contribution in [3.05, 3.63) is 12.3 Å². The summed E-state index contributed by atoms with van der Waals surface area (Å²) in [7, 11) is 0. The summed E-state index contributed by atoms with van der Waals surface area (Å²) in [5.41, 5.74) is 7.16. The van der Waals surface area contributed by atoms with Crippen LogP contribution in [0.5, 0.6) is 0 Å². The zero-order valence-corrected chi connectivity index (χ0v) is 8.09. The van der Waals surface area contributed by atoms with Gasteiger partial charge in [-0.2, -0.15) is 0 Å². The van der Waals surface area contributed by atoms with Crippen LogP contribution >= 0.6 is 0 Å². The zero-order valence-electron chi connectivity index (χ0n) is 8.09. The molecule has 0 aromatic heterocycles. The highest BCUT2D eigenvalue weighted by Crippen LogP contribution is 2.12. The summed E-state index contributed by atoms with van der Waals surface area (Å²) in [5, 5.41) is 7.64. The summed E-state index contributed by atoms with van der Waals surface area (Å²) in [6.07, 6.45) is 7.68. The third-order valence-corrected chi connectivity index (χ3v) is 2.06. The quantitative estimate of drug-likeness (QED) is 0.668. The van der Waals surface area contributed by atoms with Crippen LogP contribution in [0.2, 0.25) is 0 Å². The van der Waals surface area contributed by atoms with Crippen molar-refractivity contribution in [2.75, 3.05) is 0 Å². The number of hydrogen-bond acceptors (Lipinski definition) is 3. The number of nitrogens with one attached hydrogen (secondary N) is 1. The molecule has 0 heterocycles. The molecule has 1 aliphatic carbocycles. The number of hydrogen-bond donors (Lipinski definition) is 2. The van der Waals surface area contributed by atoms with Crippen molar-refractivity contribution in [1.29, 1.82) is 5.41 Å². The van der Waals surface area contributed by atoms with E-state index >= 15 is 0 Å². The van der Waals surface area contributed by atoms with E-state index in [4.69, 9.17) is 11.1 Å². The number of nitrogens with zero attached hydrogens (tertiary/aromatic N) is 1. The van der Waals surface area contributed by atoms with Gasteiger partial charge in [0.2, 0.25) is 0 Å². The predicted octanol–water partition coefficient (Wildman–Crippen LogP) is 1.88. The van der Waals surface area contributed by atoms with Crippen LogP contribution in [-0.4, -0.2) is 17.5 Å². The fraction of sp³-hybridized carbons (Fsp3) is 0.600. The van der Waals surface area contributed by atoms with E-state index < -0.39 is 0 Å². The van der Waals surface area contributed by atoms with Crippen LogP contribution in [0.4, 0.5) is 0 Å². The highest BCUT2D eigenvalue weighted by Gasteiger charge is 2.11. The van der Waals surface area contributed by atoms with Crippen LogP contribution in [0.3, 0.4) is 0 Å². The lowest BCUT2D eigenvalue weighted by molar-refractivity contribution is 0.774. The molecule has 0 aromatic rings. The molecule has 13 heavy (non-hydrogen) atoms. The highest BCUT2D eigenvalue weighted by molar-refractivity contribution is 6.41. The molecule has 0 aromatic carbocycles. The van der Waals surface area contributed by atoms with Gasteiger partial charge in [-0.3, -0.25) is 4.99 Å². The molecule has 0 radical (unpaired) electrons. The number of rotatable bonds is 2. The van der Waals surface area contributed by atoms with E-state index in [1.807, 2.05) is 13.0 Å². The van der Waals surface area contributed by atoms with E-state index in [0.29, 0.717) is 5.71 Å². The second-order valence-corrected chi connectivity index (χ2v) is 3.46. The van der Waals surface area contributed by atoms with Crippen molar-refractivity contribution in [3.63, 3.8) is 0 Å². The standard InChI is InChI=1S/C10H17N3/c1-8(11)6-7-13-10-5-3-2-4-9(10)12/h6-8,12H,2-5,11H2,1H3/b7-6-,12-9?,13-10-. The van der Waals surface area contributed by atoms with Crippen LogP contribution in [0.25, 0.3) is 0 Å². The van der Waals surface area contributed by atoms with Crippen molar-refractivity contribution in [2.45, 2.75) is 38.6 Å². The highest BCUT2D eigenvalue weighted by atomic mass is 14.7. The van der Waals surface area contributed by atoms with Gasteiger partial charge in [-0.25, -0.2) is 0 Å². The van der Waals surface area contributed by atoms with E-state index in [1.165, 1.54) is 0 Å². The summed E-state index contributed by atoms with van der Waals surface area (Å²) >= 11 is 0. The van der Waals surface area contributed by atoms with Crippen molar-refractivity contribution in [3.8, 4) is 0 Å². The Kier molecular flexibility index (Phi) is 3.83. The van der Waals surface area contributed by atoms with Gasteiger partial charge < -0.3 is 11.1 Å². The lowest BCUT2D eigenvalue weighted by Crippen LogP contribution is -2.17. The molecule has 3 nitrogen and oxygen atoms in total. The molecule has 1 fully saturated rings. The Morgan fingerprint density at radius 3 is 2.77 bits per heavy atom. The largest absolute Gasteiger partial charge is 0.325 e. The van der Waals surface area contributed by atoms with E-state index in [9.17, 15) is 0 Å². The monoisotopic (exact) mass is 179 g/mol. The molecule has 3 heteroatoms. The molecule has 1 aliphatic rings. The van der Waals surface area contributed by atoms with Gasteiger partial charge in [0, 0.05) is 12.2 Å². The summed E-state index contributed by atoms with van der Waals surface area (Å²) in [6.45, 7) is 1.91. The van der Waals surface area contributed by atoms with Gasteiger partial charge in [0.1, 0.15) is 0 Å². The minimum Gasteiger partial charge on any atom is -0.325 e. The van der Waals surface area contributed by atoms with Gasteiger partial charge in [-0.15, -0.1) is 0 Å². The average molecular weight is 179 g/mol. The first kappa shape index (κ1) is 10.1. The average Bonchev–Trinajstić information content (AvgIpc) is 2.08. The van der Waals surface area contributed by atoms with Crippen LogP contribution in [-0.2, 0) is 0 Å². The number of aliphatic imine (C=N–C) groups is 1. The van der Waals surface area contributed by atoms with Gasteiger partial charge in [0.05, 0.1) is 11.4 Å². The lowest BCUT2D eigenvalue weighted by atomic mass is 9.96. The molecule has 0 saturated heterocycles. The van der Waals surface area contributed by atoms with E-state index in [-0.39, 0.29) is 6.04 Å². The van der Waals surface area contributed by atoms with Crippen molar-refractivity contribution in [1.82, 2.24) is 0 Å². The Bertz CT molecular complexity index is 239. The predicted molar refractivity (Wildman–Crippen MR) is 56.4 cm³/mol. The SMILES string of the molecule is CC(N)/C=C\N=C1\CCCCC1=N. The minimum absolute atomic E-state index is 0.0436. The molecule has 1 unspecified atom stereocenters. The molecule has 0 aliphatic heterocycles. The van der Waals surface area contributed by atoms with Gasteiger partial charge in [0.25, 0.3) is 0 Å².